The fourth-order valence-corrected chi connectivity index (χ4v) is 15.2. The van der Waals surface area contributed by atoms with Crippen molar-refractivity contribution >= 4 is 59.4 Å². The third-order valence-corrected chi connectivity index (χ3v) is 24.5. The first-order chi connectivity index (χ1) is 35.4. The van der Waals surface area contributed by atoms with Crippen LogP contribution in [-0.2, 0) is 59.6 Å². The normalized spacial score (nSPS) is 24.2. The number of ketones is 1. The van der Waals surface area contributed by atoms with E-state index in [9.17, 15) is 15.0 Å². The first-order valence-corrected chi connectivity index (χ1v) is 30.8. The van der Waals surface area contributed by atoms with E-state index in [1.54, 1.807) is 12.1 Å². The van der Waals surface area contributed by atoms with Gasteiger partial charge < -0.3 is 38.6 Å². The average Bonchev–Trinajstić information content (AvgIpc) is 3.50. The summed E-state index contributed by atoms with van der Waals surface area (Å²) in [4.78, 5) is 14.4. The highest BCUT2D eigenvalue weighted by Crippen LogP contribution is 2.59. The Hall–Kier alpha value is -3.20. The Morgan fingerprint density at radius 1 is 0.730 bits per heavy atom. The topological polar surface area (TPSA) is 113 Å². The highest BCUT2D eigenvalue weighted by molar-refractivity contribution is 6.83. The first-order valence-electron chi connectivity index (χ1n) is 26.7. The van der Waals surface area contributed by atoms with Crippen LogP contribution in [0.3, 0.4) is 0 Å². The van der Waals surface area contributed by atoms with Crippen molar-refractivity contribution < 1.29 is 43.4 Å². The van der Waals surface area contributed by atoms with Crippen LogP contribution in [-0.4, -0.2) is 86.1 Å². The van der Waals surface area contributed by atoms with Crippen LogP contribution < -0.4 is 0 Å². The summed E-state index contributed by atoms with van der Waals surface area (Å²) < 4.78 is 39.7. The van der Waals surface area contributed by atoms with Crippen LogP contribution in [0.25, 0.3) is 10.8 Å². The molecule has 13 heteroatoms. The predicted molar refractivity (Wildman–Crippen MR) is 301 cm³/mol. The van der Waals surface area contributed by atoms with Gasteiger partial charge in [0.05, 0.1) is 71.1 Å². The summed E-state index contributed by atoms with van der Waals surface area (Å²) in [5.41, 5.74) is 3.85. The molecule has 5 aromatic rings. The van der Waals surface area contributed by atoms with Gasteiger partial charge in [-0.1, -0.05) is 173 Å². The van der Waals surface area contributed by atoms with Crippen molar-refractivity contribution in [2.45, 2.75) is 190 Å². The van der Waals surface area contributed by atoms with Gasteiger partial charge in [-0.3, -0.25) is 4.79 Å². The van der Waals surface area contributed by atoms with Gasteiger partial charge >= 0.3 is 0 Å². The highest BCUT2D eigenvalue weighted by Gasteiger charge is 2.56. The second-order valence-electron chi connectivity index (χ2n) is 22.4. The third-order valence-electron chi connectivity index (χ3n) is 16.4. The van der Waals surface area contributed by atoms with Gasteiger partial charge in [0.1, 0.15) is 12.2 Å². The summed E-state index contributed by atoms with van der Waals surface area (Å²) in [6, 6.07) is 38.1. The molecule has 7 rings (SSSR count). The van der Waals surface area contributed by atoms with E-state index in [0.717, 1.165) is 40.3 Å². The van der Waals surface area contributed by atoms with Crippen LogP contribution in [0.2, 0.25) is 38.2 Å². The molecule has 2 fully saturated rings. The number of carbonyl (C=O) groups excluding carboxylic acids is 1. The Labute approximate surface area is 456 Å². The molecule has 1 unspecified atom stereocenters. The Bertz CT molecular complexity index is 2500. The number of aliphatic hydroxyl groups excluding tert-OH is 2. The number of aliphatic hydroxyl groups is 2. The molecular weight excluding hydrogens is 1010 g/mol. The van der Waals surface area contributed by atoms with Crippen molar-refractivity contribution in [2.75, 3.05) is 13.2 Å². The lowest BCUT2D eigenvalue weighted by molar-refractivity contribution is -0.211. The molecule has 0 bridgehead atoms. The van der Waals surface area contributed by atoms with Crippen LogP contribution in [0.15, 0.2) is 115 Å². The van der Waals surface area contributed by atoms with E-state index in [4.69, 9.17) is 63.2 Å². The van der Waals surface area contributed by atoms with Crippen LogP contribution in [0.1, 0.15) is 114 Å². The molecule has 0 aliphatic carbocycles. The summed E-state index contributed by atoms with van der Waals surface area (Å²) in [5.74, 6) is -0.341. The van der Waals surface area contributed by atoms with Crippen LogP contribution in [0.5, 0.6) is 0 Å². The summed E-state index contributed by atoms with van der Waals surface area (Å²) in [6.45, 7) is 16.6. The molecule has 0 aromatic heterocycles. The maximum absolute atomic E-state index is 14.4. The standard InChI is InChI=1S/C61H79Cl3O9Si/c1-60(2,3)74(5,6)61(4)30-29-53(66)55(73-58(61)24-16-32-69-41-49-50(63)34-47(62)35-51(49)64)28-27-52(65)54(67)37-57-59(71-40-44-25-26-45-21-13-14-22-46(45)33-44)56(70-39-43-19-11-8-12-20-43)36-48(72-57)23-15-31-68-38-42-17-9-7-10-18-42/h7-14,17-22,25-26,33-35,48,52-53,55-59,65-66H,15-16,23-24,27-32,36-41H2,1-6H3/t48-,52?,53-,55+,56+,57-,58-,59+,61+/m1/s1. The number of fused-ring (bicyclic) bond motifs is 1. The van der Waals surface area contributed by atoms with Gasteiger partial charge in [-0.05, 0) is 107 Å². The van der Waals surface area contributed by atoms with Crippen molar-refractivity contribution in [2.24, 2.45) is 0 Å². The minimum Gasteiger partial charge on any atom is -0.390 e. The largest absolute Gasteiger partial charge is 0.390 e. The van der Waals surface area contributed by atoms with Gasteiger partial charge in [0.2, 0.25) is 0 Å². The minimum absolute atomic E-state index is 0.0499. The summed E-state index contributed by atoms with van der Waals surface area (Å²) in [7, 11) is -2.09. The summed E-state index contributed by atoms with van der Waals surface area (Å²) in [6.07, 6.45) is 0.456. The number of halogens is 3. The van der Waals surface area contributed by atoms with E-state index < -0.39 is 44.7 Å². The second kappa shape index (κ2) is 27.4. The van der Waals surface area contributed by atoms with E-state index in [1.165, 1.54) is 0 Å². The SMILES string of the molecule is CC(C)(C)[Si](C)(C)[C@@]1(C)CC[C@@H](O)[C@H](CCC(O)C(=O)C[C@H]2O[C@H](CCCOCc3ccccc3)C[C@H](OCc3ccccc3)[C@@H]2OCc2ccc3ccccc3c2)O[C@@H]1CCCOCc1c(Cl)cc(Cl)cc1Cl. The molecule has 74 heavy (non-hydrogen) atoms. The maximum Gasteiger partial charge on any atom is 0.163 e. The van der Waals surface area contributed by atoms with Gasteiger partial charge in [-0.15, -0.1) is 0 Å². The number of ether oxygens (including phenoxy) is 6. The van der Waals surface area contributed by atoms with Crippen LogP contribution in [0.4, 0.5) is 0 Å². The Balaban J connectivity index is 1.04. The zero-order valence-corrected chi connectivity index (χ0v) is 47.6. The Morgan fingerprint density at radius 2 is 1.34 bits per heavy atom. The molecular formula is C61H79Cl3O9Si. The van der Waals surface area contributed by atoms with Crippen molar-refractivity contribution in [1.82, 2.24) is 0 Å². The molecule has 0 radical (unpaired) electrons. The predicted octanol–water partition coefficient (Wildman–Crippen LogP) is 14.7. The minimum atomic E-state index is -2.09. The monoisotopic (exact) mass is 1090 g/mol. The van der Waals surface area contributed by atoms with Gasteiger partial charge in [-0.25, -0.2) is 0 Å². The molecule has 5 aromatic carbocycles. The van der Waals surface area contributed by atoms with Gasteiger partial charge in [0.15, 0.2) is 5.78 Å². The van der Waals surface area contributed by atoms with Crippen molar-refractivity contribution in [1.29, 1.82) is 0 Å². The number of Topliss-reactive ketones (excluding diaryl/α,β-unsaturated/α-hetero) is 1. The van der Waals surface area contributed by atoms with Gasteiger partial charge in [0.25, 0.3) is 0 Å². The molecule has 0 saturated carbocycles. The number of carbonyl (C=O) groups is 1. The first kappa shape index (κ1) is 58.5. The quantitative estimate of drug-likeness (QED) is 0.0436. The highest BCUT2D eigenvalue weighted by atomic mass is 35.5. The van der Waals surface area contributed by atoms with Gasteiger partial charge in [-0.2, -0.15) is 0 Å². The van der Waals surface area contributed by atoms with Gasteiger partial charge in [0, 0.05) is 46.7 Å². The van der Waals surface area contributed by atoms with E-state index in [-0.39, 0.29) is 47.5 Å². The third kappa shape index (κ3) is 15.7. The molecule has 402 valence electrons. The Morgan fingerprint density at radius 3 is 2.01 bits per heavy atom. The Kier molecular flexibility index (Phi) is 21.7. The molecule has 2 N–H and O–H groups in total. The van der Waals surface area contributed by atoms with Crippen molar-refractivity contribution in [3.63, 3.8) is 0 Å². The number of hydrogen-bond acceptors (Lipinski definition) is 9. The molecule has 0 amide bonds. The fourth-order valence-electron chi connectivity index (χ4n) is 10.8. The van der Waals surface area contributed by atoms with E-state index in [0.29, 0.717) is 92.2 Å². The zero-order chi connectivity index (χ0) is 52.9. The smallest absolute Gasteiger partial charge is 0.163 e. The molecule has 2 aliphatic heterocycles. The molecule has 0 spiro atoms. The molecule has 9 atom stereocenters. The molecule has 2 heterocycles. The lowest BCUT2D eigenvalue weighted by atomic mass is 9.90. The lowest BCUT2D eigenvalue weighted by Crippen LogP contribution is -2.54. The van der Waals surface area contributed by atoms with Crippen molar-refractivity contribution in [3.05, 3.63) is 153 Å². The van der Waals surface area contributed by atoms with E-state index in [1.807, 2.05) is 60.7 Å². The molecule has 2 aliphatic rings. The summed E-state index contributed by atoms with van der Waals surface area (Å²) in [5, 5.41) is 27.1. The van der Waals surface area contributed by atoms with Crippen LogP contribution in [0, 0.1) is 0 Å². The zero-order valence-electron chi connectivity index (χ0n) is 44.3. The molecule has 9 nitrogen and oxygen atoms in total. The van der Waals surface area contributed by atoms with Crippen molar-refractivity contribution in [3.8, 4) is 0 Å². The second-order valence-corrected chi connectivity index (χ2v) is 29.5. The lowest BCUT2D eigenvalue weighted by Gasteiger charge is -2.54. The number of hydrogen-bond donors (Lipinski definition) is 2. The van der Waals surface area contributed by atoms with Crippen LogP contribution >= 0.6 is 34.8 Å². The van der Waals surface area contributed by atoms with E-state index in [2.05, 4.69) is 83.3 Å². The summed E-state index contributed by atoms with van der Waals surface area (Å²) >= 11 is 19.1. The number of rotatable bonds is 25. The molecule has 2 saturated heterocycles. The maximum atomic E-state index is 14.4. The van der Waals surface area contributed by atoms with E-state index >= 15 is 0 Å². The average molecular weight is 1090 g/mol. The number of benzene rings is 5. The fraction of sp³-hybridized carbons (Fsp3) is 0.525.